The summed E-state index contributed by atoms with van der Waals surface area (Å²) in [6, 6.07) is 9.22. The molecule has 0 aliphatic heterocycles. The zero-order valence-electron chi connectivity index (χ0n) is 7.10. The van der Waals surface area contributed by atoms with E-state index in [2.05, 4.69) is 4.99 Å². The van der Waals surface area contributed by atoms with Crippen LogP contribution in [-0.2, 0) is 4.79 Å². The Hall–Kier alpha value is -1.84. The molecule has 0 atom stereocenters. The molecule has 13 heavy (non-hydrogen) atoms. The average Bonchev–Trinajstić information content (AvgIpc) is 2.15. The molecule has 1 amide bonds. The first-order valence-corrected chi connectivity index (χ1v) is 3.84. The van der Waals surface area contributed by atoms with Gasteiger partial charge in [0.15, 0.2) is 0 Å². The highest BCUT2D eigenvalue weighted by atomic mass is 16.1. The Kier molecular flexibility index (Phi) is 3.03. The molecule has 0 aliphatic rings. The molecule has 4 nitrogen and oxygen atoms in total. The van der Waals surface area contributed by atoms with Crippen molar-refractivity contribution in [2.75, 3.05) is 6.54 Å². The van der Waals surface area contributed by atoms with Crippen LogP contribution < -0.4 is 11.5 Å². The van der Waals surface area contributed by atoms with Crippen LogP contribution >= 0.6 is 0 Å². The van der Waals surface area contributed by atoms with Crippen molar-refractivity contribution in [3.63, 3.8) is 0 Å². The van der Waals surface area contributed by atoms with E-state index in [0.717, 1.165) is 5.56 Å². The fraction of sp³-hybridized carbons (Fsp3) is 0.111. The zero-order chi connectivity index (χ0) is 9.68. The molecule has 1 aromatic rings. The van der Waals surface area contributed by atoms with Gasteiger partial charge in [-0.3, -0.25) is 9.79 Å². The predicted molar refractivity (Wildman–Crippen MR) is 51.2 cm³/mol. The number of benzene rings is 1. The van der Waals surface area contributed by atoms with E-state index >= 15 is 0 Å². The summed E-state index contributed by atoms with van der Waals surface area (Å²) in [6.07, 6.45) is 0. The summed E-state index contributed by atoms with van der Waals surface area (Å²) in [7, 11) is 0. The Morgan fingerprint density at radius 2 is 1.85 bits per heavy atom. The van der Waals surface area contributed by atoms with Crippen molar-refractivity contribution >= 4 is 11.7 Å². The first kappa shape index (κ1) is 9.25. The predicted octanol–water partition coefficient (Wildman–Crippen LogP) is -0.123. The fourth-order valence-corrected chi connectivity index (χ4v) is 0.863. The van der Waals surface area contributed by atoms with E-state index < -0.39 is 5.91 Å². The lowest BCUT2D eigenvalue weighted by atomic mass is 10.2. The molecule has 1 aromatic carbocycles. The normalized spacial score (nSPS) is 11.2. The fourth-order valence-electron chi connectivity index (χ4n) is 0.863. The monoisotopic (exact) mass is 177 g/mol. The molecule has 1 rings (SSSR count). The number of carbonyl (C=O) groups excluding carboxylic acids is 1. The molecule has 0 radical (unpaired) electrons. The van der Waals surface area contributed by atoms with Crippen molar-refractivity contribution in [3.8, 4) is 0 Å². The minimum Gasteiger partial charge on any atom is -0.383 e. The highest BCUT2D eigenvalue weighted by molar-refractivity contribution is 5.98. The Balaban J connectivity index is 2.73. The van der Waals surface area contributed by atoms with Crippen molar-refractivity contribution in [1.29, 1.82) is 0 Å². The van der Waals surface area contributed by atoms with Gasteiger partial charge in [0.2, 0.25) is 5.91 Å². The molecule has 0 bridgehead atoms. The van der Waals surface area contributed by atoms with Crippen LogP contribution in [0.3, 0.4) is 0 Å². The highest BCUT2D eigenvalue weighted by Gasteiger charge is 1.96. The maximum Gasteiger partial charge on any atom is 0.239 e. The summed E-state index contributed by atoms with van der Waals surface area (Å²) in [4.78, 5) is 14.2. The lowest BCUT2D eigenvalue weighted by Crippen LogP contribution is -2.19. The van der Waals surface area contributed by atoms with Crippen molar-refractivity contribution in [3.05, 3.63) is 35.9 Å². The third-order valence-corrected chi connectivity index (χ3v) is 1.47. The van der Waals surface area contributed by atoms with Crippen LogP contribution in [0.25, 0.3) is 0 Å². The maximum absolute atomic E-state index is 10.4. The van der Waals surface area contributed by atoms with Gasteiger partial charge in [-0.25, -0.2) is 0 Å². The molecule has 4 N–H and O–H groups in total. The SMILES string of the molecule is NC(=O)CN=C(N)c1ccccc1. The Morgan fingerprint density at radius 1 is 1.23 bits per heavy atom. The number of nitrogens with two attached hydrogens (primary N) is 2. The first-order valence-electron chi connectivity index (χ1n) is 3.84. The summed E-state index contributed by atoms with van der Waals surface area (Å²) in [6.45, 7) is -0.0687. The quantitative estimate of drug-likeness (QED) is 0.498. The summed E-state index contributed by atoms with van der Waals surface area (Å²) in [5.41, 5.74) is 11.3. The van der Waals surface area contributed by atoms with Gasteiger partial charge in [-0.1, -0.05) is 30.3 Å². The van der Waals surface area contributed by atoms with Crippen LogP contribution in [-0.4, -0.2) is 18.3 Å². The maximum atomic E-state index is 10.4. The summed E-state index contributed by atoms with van der Waals surface area (Å²) in [5, 5.41) is 0. The lowest BCUT2D eigenvalue weighted by molar-refractivity contribution is -0.116. The zero-order valence-corrected chi connectivity index (χ0v) is 7.10. The molecule has 0 fully saturated rings. The Bertz CT molecular complexity index is 319. The average molecular weight is 177 g/mol. The van der Waals surface area contributed by atoms with E-state index in [1.54, 1.807) is 0 Å². The van der Waals surface area contributed by atoms with E-state index in [1.807, 2.05) is 30.3 Å². The van der Waals surface area contributed by atoms with Gasteiger partial charge >= 0.3 is 0 Å². The number of hydrogen-bond donors (Lipinski definition) is 2. The first-order chi connectivity index (χ1) is 6.20. The second-order valence-corrected chi connectivity index (χ2v) is 2.53. The summed E-state index contributed by atoms with van der Waals surface area (Å²) in [5.74, 6) is -0.154. The van der Waals surface area contributed by atoms with Gasteiger partial charge in [0.25, 0.3) is 0 Å². The third kappa shape index (κ3) is 2.94. The van der Waals surface area contributed by atoms with E-state index in [9.17, 15) is 4.79 Å². The van der Waals surface area contributed by atoms with Crippen LogP contribution in [0.15, 0.2) is 35.3 Å². The number of amidine groups is 1. The minimum absolute atomic E-state index is 0.0687. The van der Waals surface area contributed by atoms with Crippen molar-refractivity contribution in [2.24, 2.45) is 16.5 Å². The number of hydrogen-bond acceptors (Lipinski definition) is 2. The molecule has 0 aromatic heterocycles. The number of amides is 1. The summed E-state index contributed by atoms with van der Waals surface area (Å²) < 4.78 is 0. The molecule has 0 saturated carbocycles. The van der Waals surface area contributed by atoms with Gasteiger partial charge in [0.1, 0.15) is 12.4 Å². The van der Waals surface area contributed by atoms with E-state index in [-0.39, 0.29) is 6.54 Å². The van der Waals surface area contributed by atoms with Crippen molar-refractivity contribution < 1.29 is 4.79 Å². The molecule has 0 spiro atoms. The molecule has 68 valence electrons. The molecular formula is C9H11N3O. The molecule has 0 saturated heterocycles. The number of primary amides is 1. The molecule has 0 unspecified atom stereocenters. The van der Waals surface area contributed by atoms with Crippen LogP contribution in [0.5, 0.6) is 0 Å². The second-order valence-electron chi connectivity index (χ2n) is 2.53. The molecular weight excluding hydrogens is 166 g/mol. The van der Waals surface area contributed by atoms with Crippen LogP contribution in [0.1, 0.15) is 5.56 Å². The highest BCUT2D eigenvalue weighted by Crippen LogP contribution is 1.97. The smallest absolute Gasteiger partial charge is 0.239 e. The van der Waals surface area contributed by atoms with E-state index in [4.69, 9.17) is 11.5 Å². The largest absolute Gasteiger partial charge is 0.383 e. The van der Waals surface area contributed by atoms with Crippen molar-refractivity contribution in [1.82, 2.24) is 0 Å². The second kappa shape index (κ2) is 4.25. The van der Waals surface area contributed by atoms with Gasteiger partial charge in [0, 0.05) is 5.56 Å². The van der Waals surface area contributed by atoms with E-state index in [1.165, 1.54) is 0 Å². The van der Waals surface area contributed by atoms with Gasteiger partial charge in [-0.05, 0) is 0 Å². The van der Waals surface area contributed by atoms with Crippen LogP contribution in [0, 0.1) is 0 Å². The Morgan fingerprint density at radius 3 is 2.38 bits per heavy atom. The Labute approximate surface area is 76.3 Å². The number of carbonyl (C=O) groups is 1. The number of nitrogens with zero attached hydrogens (tertiary/aromatic N) is 1. The van der Waals surface area contributed by atoms with Gasteiger partial charge in [-0.15, -0.1) is 0 Å². The van der Waals surface area contributed by atoms with Crippen molar-refractivity contribution in [2.45, 2.75) is 0 Å². The summed E-state index contributed by atoms with van der Waals surface area (Å²) >= 11 is 0. The standard InChI is InChI=1S/C9H11N3O/c10-8(13)6-12-9(11)7-4-2-1-3-5-7/h1-5H,6H2,(H2,10,13)(H2,11,12). The van der Waals surface area contributed by atoms with E-state index in [0.29, 0.717) is 5.84 Å². The number of aliphatic imine (C=N–C) groups is 1. The number of rotatable bonds is 3. The van der Waals surface area contributed by atoms with Gasteiger partial charge < -0.3 is 11.5 Å². The van der Waals surface area contributed by atoms with Crippen LogP contribution in [0.2, 0.25) is 0 Å². The molecule has 4 heteroatoms. The van der Waals surface area contributed by atoms with Gasteiger partial charge in [-0.2, -0.15) is 0 Å². The lowest BCUT2D eigenvalue weighted by Gasteiger charge is -1.98. The molecule has 0 aliphatic carbocycles. The topological polar surface area (TPSA) is 81.5 Å². The molecule has 0 heterocycles. The van der Waals surface area contributed by atoms with Crippen LogP contribution in [0.4, 0.5) is 0 Å². The van der Waals surface area contributed by atoms with Gasteiger partial charge in [0.05, 0.1) is 0 Å². The minimum atomic E-state index is -0.487. The third-order valence-electron chi connectivity index (χ3n) is 1.47.